The standard InChI is InChI=1S/C16H27BrN2/c1-4-7-11-19(6-3)16-9-8-14(12-15(16)17)13-18-10-5-2/h8-9,12,18H,4-7,10-11,13H2,1-3H3. The molecule has 0 atom stereocenters. The third kappa shape index (κ3) is 5.53. The van der Waals surface area contributed by atoms with Crippen LogP contribution in [0, 0.1) is 0 Å². The molecule has 0 aromatic heterocycles. The molecule has 1 N–H and O–H groups in total. The molecule has 0 fully saturated rings. The summed E-state index contributed by atoms with van der Waals surface area (Å²) >= 11 is 3.72. The van der Waals surface area contributed by atoms with Crippen molar-refractivity contribution in [3.05, 3.63) is 28.2 Å². The highest BCUT2D eigenvalue weighted by molar-refractivity contribution is 9.10. The van der Waals surface area contributed by atoms with Gasteiger partial charge in [0, 0.05) is 24.1 Å². The second-order valence-corrected chi connectivity index (χ2v) is 5.75. The van der Waals surface area contributed by atoms with Crippen molar-refractivity contribution >= 4 is 21.6 Å². The minimum absolute atomic E-state index is 0.952. The zero-order valence-electron chi connectivity index (χ0n) is 12.5. The lowest BCUT2D eigenvalue weighted by atomic mass is 10.2. The van der Waals surface area contributed by atoms with Crippen molar-refractivity contribution in [1.82, 2.24) is 5.32 Å². The van der Waals surface area contributed by atoms with Crippen LogP contribution in [0.25, 0.3) is 0 Å². The van der Waals surface area contributed by atoms with Gasteiger partial charge >= 0.3 is 0 Å². The Labute approximate surface area is 126 Å². The monoisotopic (exact) mass is 326 g/mol. The smallest absolute Gasteiger partial charge is 0.0510 e. The van der Waals surface area contributed by atoms with Gasteiger partial charge in [0.15, 0.2) is 0 Å². The number of hydrogen-bond donors (Lipinski definition) is 1. The molecule has 0 spiro atoms. The molecule has 3 heteroatoms. The van der Waals surface area contributed by atoms with E-state index in [9.17, 15) is 0 Å². The molecule has 108 valence electrons. The average Bonchev–Trinajstić information content (AvgIpc) is 2.41. The van der Waals surface area contributed by atoms with Gasteiger partial charge in [0.2, 0.25) is 0 Å². The second kappa shape index (κ2) is 9.38. The zero-order chi connectivity index (χ0) is 14.1. The van der Waals surface area contributed by atoms with Crippen LogP contribution in [-0.4, -0.2) is 19.6 Å². The minimum Gasteiger partial charge on any atom is -0.371 e. The molecular weight excluding hydrogens is 300 g/mol. The molecule has 1 rings (SSSR count). The quantitative estimate of drug-likeness (QED) is 0.668. The third-order valence-corrected chi connectivity index (χ3v) is 3.91. The minimum atomic E-state index is 0.952. The maximum atomic E-state index is 3.72. The number of anilines is 1. The molecule has 1 aromatic carbocycles. The summed E-state index contributed by atoms with van der Waals surface area (Å²) in [6, 6.07) is 6.72. The summed E-state index contributed by atoms with van der Waals surface area (Å²) < 4.78 is 1.21. The number of hydrogen-bond acceptors (Lipinski definition) is 2. The van der Waals surface area contributed by atoms with E-state index in [0.29, 0.717) is 0 Å². The Hall–Kier alpha value is -0.540. The van der Waals surface area contributed by atoms with E-state index in [2.05, 4.69) is 65.1 Å². The number of unbranched alkanes of at least 4 members (excludes halogenated alkanes) is 1. The van der Waals surface area contributed by atoms with Gasteiger partial charge in [0.1, 0.15) is 0 Å². The Morgan fingerprint density at radius 3 is 2.53 bits per heavy atom. The van der Waals surface area contributed by atoms with Gasteiger partial charge in [0.05, 0.1) is 5.69 Å². The molecule has 0 heterocycles. The van der Waals surface area contributed by atoms with E-state index in [-0.39, 0.29) is 0 Å². The molecule has 0 aliphatic heterocycles. The maximum Gasteiger partial charge on any atom is 0.0510 e. The van der Waals surface area contributed by atoms with E-state index in [1.54, 1.807) is 0 Å². The van der Waals surface area contributed by atoms with Crippen LogP contribution in [0.3, 0.4) is 0 Å². The Morgan fingerprint density at radius 1 is 1.16 bits per heavy atom. The molecule has 0 radical (unpaired) electrons. The van der Waals surface area contributed by atoms with Gasteiger partial charge in [-0.25, -0.2) is 0 Å². The molecule has 0 bridgehead atoms. The van der Waals surface area contributed by atoms with Crippen molar-refractivity contribution < 1.29 is 0 Å². The van der Waals surface area contributed by atoms with E-state index >= 15 is 0 Å². The second-order valence-electron chi connectivity index (χ2n) is 4.90. The van der Waals surface area contributed by atoms with E-state index in [1.165, 1.54) is 35.0 Å². The van der Waals surface area contributed by atoms with Gasteiger partial charge in [-0.3, -0.25) is 0 Å². The lowest BCUT2D eigenvalue weighted by Crippen LogP contribution is -2.24. The van der Waals surface area contributed by atoms with Crippen LogP contribution in [0.2, 0.25) is 0 Å². The highest BCUT2D eigenvalue weighted by Gasteiger charge is 2.08. The van der Waals surface area contributed by atoms with Gasteiger partial charge in [-0.2, -0.15) is 0 Å². The fourth-order valence-electron chi connectivity index (χ4n) is 2.12. The van der Waals surface area contributed by atoms with Crippen molar-refractivity contribution in [2.75, 3.05) is 24.5 Å². The predicted molar refractivity (Wildman–Crippen MR) is 88.9 cm³/mol. The topological polar surface area (TPSA) is 15.3 Å². The van der Waals surface area contributed by atoms with Crippen LogP contribution < -0.4 is 10.2 Å². The first kappa shape index (κ1) is 16.5. The Bertz CT molecular complexity index is 366. The summed E-state index contributed by atoms with van der Waals surface area (Å²) in [5, 5.41) is 3.44. The highest BCUT2D eigenvalue weighted by Crippen LogP contribution is 2.27. The van der Waals surface area contributed by atoms with Gasteiger partial charge in [-0.05, 0) is 59.9 Å². The summed E-state index contributed by atoms with van der Waals surface area (Å²) in [5.41, 5.74) is 2.66. The first-order chi connectivity index (χ1) is 9.22. The third-order valence-electron chi connectivity index (χ3n) is 3.27. The Kier molecular flexibility index (Phi) is 8.15. The Morgan fingerprint density at radius 2 is 1.95 bits per heavy atom. The zero-order valence-corrected chi connectivity index (χ0v) is 14.1. The largest absolute Gasteiger partial charge is 0.371 e. The average molecular weight is 327 g/mol. The first-order valence-corrected chi connectivity index (χ1v) is 8.26. The van der Waals surface area contributed by atoms with Crippen LogP contribution >= 0.6 is 15.9 Å². The van der Waals surface area contributed by atoms with Gasteiger partial charge in [-0.15, -0.1) is 0 Å². The molecule has 0 unspecified atom stereocenters. The van der Waals surface area contributed by atoms with Crippen molar-refractivity contribution in [1.29, 1.82) is 0 Å². The molecule has 0 amide bonds. The molecule has 0 aliphatic carbocycles. The maximum absolute atomic E-state index is 3.72. The SMILES string of the molecule is CCCCN(CC)c1ccc(CNCCC)cc1Br. The number of halogens is 1. The van der Waals surface area contributed by atoms with Crippen LogP contribution in [-0.2, 0) is 6.54 Å². The number of nitrogens with zero attached hydrogens (tertiary/aromatic N) is 1. The van der Waals surface area contributed by atoms with Crippen LogP contribution in [0.5, 0.6) is 0 Å². The summed E-state index contributed by atoms with van der Waals surface area (Å²) in [4.78, 5) is 2.44. The van der Waals surface area contributed by atoms with E-state index in [1.807, 2.05) is 0 Å². The van der Waals surface area contributed by atoms with Crippen molar-refractivity contribution in [3.8, 4) is 0 Å². The fourth-order valence-corrected chi connectivity index (χ4v) is 2.80. The van der Waals surface area contributed by atoms with Crippen LogP contribution in [0.4, 0.5) is 5.69 Å². The molecular formula is C16H27BrN2. The van der Waals surface area contributed by atoms with Crippen LogP contribution in [0.1, 0.15) is 45.6 Å². The van der Waals surface area contributed by atoms with Gasteiger partial charge in [0.25, 0.3) is 0 Å². The molecule has 19 heavy (non-hydrogen) atoms. The molecule has 2 nitrogen and oxygen atoms in total. The van der Waals surface area contributed by atoms with Gasteiger partial charge in [-0.1, -0.05) is 26.3 Å². The first-order valence-electron chi connectivity index (χ1n) is 7.47. The number of nitrogens with one attached hydrogen (secondary N) is 1. The van der Waals surface area contributed by atoms with E-state index < -0.39 is 0 Å². The summed E-state index contributed by atoms with van der Waals surface area (Å²) in [6.07, 6.45) is 3.67. The van der Waals surface area contributed by atoms with Crippen molar-refractivity contribution in [2.24, 2.45) is 0 Å². The summed E-state index contributed by atoms with van der Waals surface area (Å²) in [7, 11) is 0. The fraction of sp³-hybridized carbons (Fsp3) is 0.625. The van der Waals surface area contributed by atoms with Crippen LogP contribution in [0.15, 0.2) is 22.7 Å². The van der Waals surface area contributed by atoms with Crippen molar-refractivity contribution in [3.63, 3.8) is 0 Å². The number of benzene rings is 1. The van der Waals surface area contributed by atoms with E-state index in [0.717, 1.165) is 26.2 Å². The molecule has 0 aliphatic rings. The highest BCUT2D eigenvalue weighted by atomic mass is 79.9. The Balaban J connectivity index is 2.69. The van der Waals surface area contributed by atoms with Crippen molar-refractivity contribution in [2.45, 2.75) is 46.6 Å². The molecule has 0 saturated heterocycles. The lowest BCUT2D eigenvalue weighted by molar-refractivity contribution is 0.675. The van der Waals surface area contributed by atoms with Gasteiger partial charge < -0.3 is 10.2 Å². The summed E-state index contributed by atoms with van der Waals surface area (Å²) in [5.74, 6) is 0. The summed E-state index contributed by atoms with van der Waals surface area (Å²) in [6.45, 7) is 10.9. The lowest BCUT2D eigenvalue weighted by Gasteiger charge is -2.24. The van der Waals surface area contributed by atoms with E-state index in [4.69, 9.17) is 0 Å². The molecule has 1 aromatic rings. The molecule has 0 saturated carbocycles. The number of rotatable bonds is 9. The predicted octanol–water partition coefficient (Wildman–Crippen LogP) is 4.58. The normalized spacial score (nSPS) is 10.7.